The molecule has 0 saturated heterocycles. The van der Waals surface area contributed by atoms with Gasteiger partial charge < -0.3 is 14.2 Å². The smallest absolute Gasteiger partial charge is 0.306 e. The highest BCUT2D eigenvalue weighted by molar-refractivity contribution is 5.71. The minimum Gasteiger partial charge on any atom is -0.462 e. The summed E-state index contributed by atoms with van der Waals surface area (Å²) < 4.78 is 16.8. The van der Waals surface area contributed by atoms with E-state index in [2.05, 4.69) is 81.5 Å². The van der Waals surface area contributed by atoms with Crippen LogP contribution < -0.4 is 0 Å². The molecular formula is C71H128O6. The zero-order valence-corrected chi connectivity index (χ0v) is 51.5. The van der Waals surface area contributed by atoms with Crippen LogP contribution in [0.25, 0.3) is 0 Å². The zero-order valence-electron chi connectivity index (χ0n) is 51.5. The molecule has 0 amide bonds. The van der Waals surface area contributed by atoms with Crippen molar-refractivity contribution in [1.82, 2.24) is 0 Å². The topological polar surface area (TPSA) is 78.9 Å². The number of ether oxygens (including phenoxy) is 3. The van der Waals surface area contributed by atoms with Crippen LogP contribution in [0.2, 0.25) is 0 Å². The van der Waals surface area contributed by atoms with Crippen LogP contribution in [0.5, 0.6) is 0 Å². The molecule has 448 valence electrons. The summed E-state index contributed by atoms with van der Waals surface area (Å²) in [6.45, 7) is 6.56. The van der Waals surface area contributed by atoms with Crippen LogP contribution in [0.3, 0.4) is 0 Å². The summed E-state index contributed by atoms with van der Waals surface area (Å²) in [6.07, 6.45) is 84.4. The van der Waals surface area contributed by atoms with E-state index in [1.165, 1.54) is 225 Å². The molecule has 0 radical (unpaired) electrons. The number of carbonyl (C=O) groups excluding carboxylic acids is 3. The van der Waals surface area contributed by atoms with Crippen molar-refractivity contribution in [3.63, 3.8) is 0 Å². The molecule has 0 aromatic heterocycles. The SMILES string of the molecule is CCCCCCC/C=C\C/C=C\C/C=C\CCCCCCCCC(=O)OC(COC(=O)CCCCCCC)COC(=O)CCCCCCCCCCCCCCCCCCCCCCC/C=C\C/C=C\CCCCCCC. The number of carbonyl (C=O) groups is 3. The summed E-state index contributed by atoms with van der Waals surface area (Å²) in [5, 5.41) is 0. The van der Waals surface area contributed by atoms with Crippen molar-refractivity contribution in [2.24, 2.45) is 0 Å². The predicted octanol–water partition coefficient (Wildman–Crippen LogP) is 23.1. The largest absolute Gasteiger partial charge is 0.462 e. The van der Waals surface area contributed by atoms with Crippen LogP contribution in [0, 0.1) is 0 Å². The van der Waals surface area contributed by atoms with E-state index in [1.54, 1.807) is 0 Å². The lowest BCUT2D eigenvalue weighted by molar-refractivity contribution is -0.167. The third-order valence-corrected chi connectivity index (χ3v) is 15.0. The third kappa shape index (κ3) is 63.8. The Morgan fingerprint density at radius 2 is 0.468 bits per heavy atom. The number of rotatable bonds is 62. The van der Waals surface area contributed by atoms with Gasteiger partial charge in [-0.05, 0) is 89.9 Å². The molecule has 0 rings (SSSR count). The highest BCUT2D eigenvalue weighted by atomic mass is 16.6. The molecule has 0 aromatic rings. The average molecular weight is 1080 g/mol. The van der Waals surface area contributed by atoms with E-state index in [-0.39, 0.29) is 31.1 Å². The summed E-state index contributed by atoms with van der Waals surface area (Å²) >= 11 is 0. The zero-order chi connectivity index (χ0) is 55.7. The Bertz CT molecular complexity index is 1380. The first-order valence-electron chi connectivity index (χ1n) is 33.8. The molecule has 6 nitrogen and oxygen atoms in total. The highest BCUT2D eigenvalue weighted by Gasteiger charge is 2.19. The molecule has 0 aliphatic rings. The first-order valence-corrected chi connectivity index (χ1v) is 33.8. The molecule has 0 aliphatic heterocycles. The van der Waals surface area contributed by atoms with E-state index in [0.29, 0.717) is 19.3 Å². The number of allylic oxidation sites excluding steroid dienone is 10. The Morgan fingerprint density at radius 1 is 0.260 bits per heavy atom. The first-order chi connectivity index (χ1) is 38.0. The van der Waals surface area contributed by atoms with Crippen molar-refractivity contribution < 1.29 is 28.6 Å². The fourth-order valence-corrected chi connectivity index (χ4v) is 9.89. The van der Waals surface area contributed by atoms with Gasteiger partial charge >= 0.3 is 17.9 Å². The maximum atomic E-state index is 12.8. The number of hydrogen-bond acceptors (Lipinski definition) is 6. The molecule has 0 bridgehead atoms. The fourth-order valence-electron chi connectivity index (χ4n) is 9.89. The Morgan fingerprint density at radius 3 is 0.727 bits per heavy atom. The molecule has 1 unspecified atom stereocenters. The molecule has 0 heterocycles. The van der Waals surface area contributed by atoms with Crippen LogP contribution >= 0.6 is 0 Å². The molecule has 0 aliphatic carbocycles. The fraction of sp³-hybridized carbons (Fsp3) is 0.817. The van der Waals surface area contributed by atoms with Gasteiger partial charge in [0.2, 0.25) is 0 Å². The van der Waals surface area contributed by atoms with E-state index in [9.17, 15) is 14.4 Å². The monoisotopic (exact) mass is 1080 g/mol. The minimum atomic E-state index is -0.776. The second-order valence-electron chi connectivity index (χ2n) is 22.7. The summed E-state index contributed by atoms with van der Waals surface area (Å²) in [6, 6.07) is 0. The van der Waals surface area contributed by atoms with Gasteiger partial charge in [-0.1, -0.05) is 306 Å². The van der Waals surface area contributed by atoms with E-state index < -0.39 is 6.10 Å². The molecule has 0 saturated carbocycles. The van der Waals surface area contributed by atoms with Crippen molar-refractivity contribution >= 4 is 17.9 Å². The number of hydrogen-bond donors (Lipinski definition) is 0. The van der Waals surface area contributed by atoms with Crippen molar-refractivity contribution in [2.75, 3.05) is 13.2 Å². The van der Waals surface area contributed by atoms with E-state index >= 15 is 0 Å². The standard InChI is InChI=1S/C71H128O6/c1-4-7-10-13-15-17-19-21-23-25-27-29-30-31-32-33-34-35-36-37-38-39-40-42-43-45-47-49-51-53-55-58-61-64-70(73)76-67-68(66-75-69(72)63-60-57-12-9-6-3)77-71(74)65-62-59-56-54-52-50-48-46-44-41-28-26-24-22-20-18-16-14-11-8-5-2/h19-22,25-28,44,46,68H,4-18,23-24,29-43,45,47-67H2,1-3H3/b21-19-,22-20-,27-25-,28-26-,46-44-. The quantitative estimate of drug-likeness (QED) is 0.0261. The van der Waals surface area contributed by atoms with Crippen molar-refractivity contribution in [1.29, 1.82) is 0 Å². The minimum absolute atomic E-state index is 0.0764. The van der Waals surface area contributed by atoms with E-state index in [4.69, 9.17) is 14.2 Å². The summed E-state index contributed by atoms with van der Waals surface area (Å²) in [4.78, 5) is 37.9. The third-order valence-electron chi connectivity index (χ3n) is 15.0. The molecule has 0 spiro atoms. The molecular weight excluding hydrogens is 949 g/mol. The van der Waals surface area contributed by atoms with Crippen molar-refractivity contribution in [3.05, 3.63) is 60.8 Å². The van der Waals surface area contributed by atoms with Crippen LogP contribution in [0.1, 0.15) is 355 Å². The molecule has 0 aromatic carbocycles. The lowest BCUT2D eigenvalue weighted by Gasteiger charge is -2.18. The molecule has 77 heavy (non-hydrogen) atoms. The van der Waals surface area contributed by atoms with Gasteiger partial charge in [0.15, 0.2) is 6.10 Å². The Balaban J connectivity index is 3.94. The maximum Gasteiger partial charge on any atom is 0.306 e. The number of esters is 3. The van der Waals surface area contributed by atoms with E-state index in [0.717, 1.165) is 89.9 Å². The molecule has 6 heteroatoms. The summed E-state index contributed by atoms with van der Waals surface area (Å²) in [5.41, 5.74) is 0. The van der Waals surface area contributed by atoms with Crippen LogP contribution in [-0.4, -0.2) is 37.2 Å². The first kappa shape index (κ1) is 74.1. The predicted molar refractivity (Wildman–Crippen MR) is 335 cm³/mol. The number of unbranched alkanes of at least 4 members (excludes halogenated alkanes) is 41. The maximum absolute atomic E-state index is 12.8. The van der Waals surface area contributed by atoms with Gasteiger partial charge in [-0.25, -0.2) is 0 Å². The van der Waals surface area contributed by atoms with Crippen molar-refractivity contribution in [3.8, 4) is 0 Å². The van der Waals surface area contributed by atoms with Gasteiger partial charge in [-0.15, -0.1) is 0 Å². The van der Waals surface area contributed by atoms with E-state index in [1.807, 2.05) is 0 Å². The lowest BCUT2D eigenvalue weighted by Crippen LogP contribution is -2.30. The summed E-state index contributed by atoms with van der Waals surface area (Å²) in [7, 11) is 0. The van der Waals surface area contributed by atoms with Gasteiger partial charge in [-0.2, -0.15) is 0 Å². The molecule has 0 N–H and O–H groups in total. The van der Waals surface area contributed by atoms with Gasteiger partial charge in [0.05, 0.1) is 0 Å². The Hall–Kier alpha value is -2.89. The highest BCUT2D eigenvalue weighted by Crippen LogP contribution is 2.17. The molecule has 1 atom stereocenters. The van der Waals surface area contributed by atoms with Gasteiger partial charge in [0.1, 0.15) is 13.2 Å². The second kappa shape index (κ2) is 65.6. The van der Waals surface area contributed by atoms with Gasteiger partial charge in [0, 0.05) is 19.3 Å². The molecule has 0 fully saturated rings. The van der Waals surface area contributed by atoms with Gasteiger partial charge in [-0.3, -0.25) is 14.4 Å². The summed E-state index contributed by atoms with van der Waals surface area (Å²) in [5.74, 6) is -0.887. The van der Waals surface area contributed by atoms with Crippen LogP contribution in [0.4, 0.5) is 0 Å². The lowest BCUT2D eigenvalue weighted by atomic mass is 10.0. The Kier molecular flexibility index (Phi) is 63.2. The second-order valence-corrected chi connectivity index (χ2v) is 22.7. The average Bonchev–Trinajstić information content (AvgIpc) is 3.43. The van der Waals surface area contributed by atoms with Crippen LogP contribution in [-0.2, 0) is 28.6 Å². The van der Waals surface area contributed by atoms with Gasteiger partial charge in [0.25, 0.3) is 0 Å². The Labute approximate surface area is 479 Å². The van der Waals surface area contributed by atoms with Crippen molar-refractivity contribution in [2.45, 2.75) is 361 Å². The van der Waals surface area contributed by atoms with Crippen LogP contribution in [0.15, 0.2) is 60.8 Å². The normalized spacial score (nSPS) is 12.4.